The highest BCUT2D eigenvalue weighted by molar-refractivity contribution is 8.00. The minimum absolute atomic E-state index is 0.347. The maximum Gasteiger partial charge on any atom is 0.111 e. The van der Waals surface area contributed by atoms with E-state index in [0.29, 0.717) is 0 Å². The summed E-state index contributed by atoms with van der Waals surface area (Å²) in [5.74, 6) is 0.826. The highest BCUT2D eigenvalue weighted by Gasteiger charge is 2.35. The van der Waals surface area contributed by atoms with Gasteiger partial charge in [-0.25, -0.2) is 0 Å². The van der Waals surface area contributed by atoms with Crippen molar-refractivity contribution in [2.24, 2.45) is 0 Å². The molecule has 1 rings (SSSR count). The fourth-order valence-corrected chi connectivity index (χ4v) is 2.47. The Labute approximate surface area is 91.9 Å². The third-order valence-electron chi connectivity index (χ3n) is 2.34. The molecule has 0 aromatic heterocycles. The second kappa shape index (κ2) is 6.00. The van der Waals surface area contributed by atoms with E-state index in [4.69, 9.17) is 10.2 Å². The SMILES string of the molecule is OC[C@H](O)[C@H](O)[C@H](O)[C@@H](O)[C@@H]1NCCS1. The van der Waals surface area contributed by atoms with E-state index >= 15 is 0 Å². The molecule has 90 valence electrons. The number of nitrogens with one attached hydrogen (secondary N) is 1. The van der Waals surface area contributed by atoms with Gasteiger partial charge in [-0.1, -0.05) is 0 Å². The zero-order valence-electron chi connectivity index (χ0n) is 8.15. The highest BCUT2D eigenvalue weighted by atomic mass is 32.2. The van der Waals surface area contributed by atoms with Gasteiger partial charge < -0.3 is 30.8 Å². The third-order valence-corrected chi connectivity index (χ3v) is 3.58. The van der Waals surface area contributed by atoms with Crippen LogP contribution in [0.5, 0.6) is 0 Å². The van der Waals surface area contributed by atoms with Gasteiger partial charge in [0.2, 0.25) is 0 Å². The average molecular weight is 239 g/mol. The van der Waals surface area contributed by atoms with Crippen molar-refractivity contribution in [3.05, 3.63) is 0 Å². The molecule has 7 heteroatoms. The van der Waals surface area contributed by atoms with E-state index in [1.807, 2.05) is 0 Å². The van der Waals surface area contributed by atoms with Gasteiger partial charge >= 0.3 is 0 Å². The van der Waals surface area contributed by atoms with Gasteiger partial charge in [0, 0.05) is 12.3 Å². The maximum absolute atomic E-state index is 9.65. The van der Waals surface area contributed by atoms with E-state index in [1.54, 1.807) is 0 Å². The second-order valence-corrected chi connectivity index (χ2v) is 4.72. The lowest BCUT2D eigenvalue weighted by Gasteiger charge is -2.28. The quantitative estimate of drug-likeness (QED) is 0.305. The Balaban J connectivity index is 2.46. The molecule has 1 aliphatic rings. The number of hydrogen-bond donors (Lipinski definition) is 6. The molecule has 1 aliphatic heterocycles. The minimum Gasteiger partial charge on any atom is -0.394 e. The van der Waals surface area contributed by atoms with Crippen molar-refractivity contribution < 1.29 is 25.5 Å². The molecule has 6 N–H and O–H groups in total. The van der Waals surface area contributed by atoms with Crippen molar-refractivity contribution in [1.29, 1.82) is 0 Å². The summed E-state index contributed by atoms with van der Waals surface area (Å²) >= 11 is 1.44. The van der Waals surface area contributed by atoms with E-state index in [0.717, 1.165) is 12.3 Å². The van der Waals surface area contributed by atoms with Gasteiger partial charge in [-0.05, 0) is 0 Å². The Morgan fingerprint density at radius 3 is 2.33 bits per heavy atom. The molecule has 0 radical (unpaired) electrons. The lowest BCUT2D eigenvalue weighted by molar-refractivity contribution is -0.115. The molecule has 15 heavy (non-hydrogen) atoms. The van der Waals surface area contributed by atoms with E-state index in [2.05, 4.69) is 5.32 Å². The van der Waals surface area contributed by atoms with E-state index in [-0.39, 0.29) is 5.37 Å². The molecule has 0 aromatic rings. The molecule has 1 fully saturated rings. The number of thioether (sulfide) groups is 1. The first-order valence-electron chi connectivity index (χ1n) is 4.76. The molecule has 0 spiro atoms. The van der Waals surface area contributed by atoms with Crippen molar-refractivity contribution in [1.82, 2.24) is 5.32 Å². The molecule has 1 heterocycles. The molecular weight excluding hydrogens is 222 g/mol. The van der Waals surface area contributed by atoms with Crippen molar-refractivity contribution in [2.75, 3.05) is 18.9 Å². The predicted molar refractivity (Wildman–Crippen MR) is 55.4 cm³/mol. The van der Waals surface area contributed by atoms with E-state index in [1.165, 1.54) is 11.8 Å². The van der Waals surface area contributed by atoms with Gasteiger partial charge in [0.05, 0.1) is 12.0 Å². The van der Waals surface area contributed by atoms with Crippen LogP contribution in [0.3, 0.4) is 0 Å². The van der Waals surface area contributed by atoms with Crippen molar-refractivity contribution >= 4 is 11.8 Å². The average Bonchev–Trinajstić information content (AvgIpc) is 2.78. The fraction of sp³-hybridized carbons (Fsp3) is 1.00. The Kier molecular flexibility index (Phi) is 5.27. The summed E-state index contributed by atoms with van der Waals surface area (Å²) < 4.78 is 0. The normalized spacial score (nSPS) is 29.8. The van der Waals surface area contributed by atoms with Gasteiger partial charge in [0.25, 0.3) is 0 Å². The molecule has 5 atom stereocenters. The van der Waals surface area contributed by atoms with Crippen LogP contribution in [0.15, 0.2) is 0 Å². The van der Waals surface area contributed by atoms with Crippen LogP contribution in [0.4, 0.5) is 0 Å². The minimum atomic E-state index is -1.55. The predicted octanol–water partition coefficient (Wildman–Crippen LogP) is -2.92. The molecule has 0 amide bonds. The molecular formula is C8H17NO5S. The van der Waals surface area contributed by atoms with Gasteiger partial charge in [-0.2, -0.15) is 0 Å². The molecule has 6 nitrogen and oxygen atoms in total. The summed E-state index contributed by atoms with van der Waals surface area (Å²) in [5, 5.41) is 48.8. The molecule has 0 aliphatic carbocycles. The largest absolute Gasteiger partial charge is 0.394 e. The standard InChI is InChI=1S/C8H17NO5S/c10-3-4(11)5(12)6(13)7(14)8-9-1-2-15-8/h4-14H,1-3H2/t4-,5-,6-,7+,8+/m0/s1. The van der Waals surface area contributed by atoms with Crippen LogP contribution in [0.1, 0.15) is 0 Å². The smallest absolute Gasteiger partial charge is 0.111 e. The molecule has 0 unspecified atom stereocenters. The Hall–Kier alpha value is 0.110. The van der Waals surface area contributed by atoms with Crippen molar-refractivity contribution in [3.63, 3.8) is 0 Å². The van der Waals surface area contributed by atoms with Crippen LogP contribution in [0, 0.1) is 0 Å². The second-order valence-electron chi connectivity index (χ2n) is 3.47. The lowest BCUT2D eigenvalue weighted by atomic mass is 10.0. The summed E-state index contributed by atoms with van der Waals surface area (Å²) in [5.41, 5.74) is 0. The zero-order chi connectivity index (χ0) is 11.4. The highest BCUT2D eigenvalue weighted by Crippen LogP contribution is 2.20. The summed E-state index contributed by atoms with van der Waals surface area (Å²) in [6, 6.07) is 0. The van der Waals surface area contributed by atoms with Crippen LogP contribution in [0.2, 0.25) is 0 Å². The summed E-state index contributed by atoms with van der Waals surface area (Å²) in [6.07, 6.45) is -5.64. The topological polar surface area (TPSA) is 113 Å². The van der Waals surface area contributed by atoms with Crippen LogP contribution in [0.25, 0.3) is 0 Å². The van der Waals surface area contributed by atoms with Crippen LogP contribution < -0.4 is 5.32 Å². The first-order valence-corrected chi connectivity index (χ1v) is 5.81. The van der Waals surface area contributed by atoms with Gasteiger partial charge in [0.1, 0.15) is 24.4 Å². The zero-order valence-corrected chi connectivity index (χ0v) is 8.97. The van der Waals surface area contributed by atoms with Crippen molar-refractivity contribution in [2.45, 2.75) is 29.8 Å². The van der Waals surface area contributed by atoms with Crippen molar-refractivity contribution in [3.8, 4) is 0 Å². The maximum atomic E-state index is 9.65. The summed E-state index contributed by atoms with van der Waals surface area (Å²) in [4.78, 5) is 0. The number of aliphatic hydroxyl groups is 5. The van der Waals surface area contributed by atoms with Crippen LogP contribution >= 0.6 is 11.8 Å². The summed E-state index contributed by atoms with van der Waals surface area (Å²) in [6.45, 7) is 0.0773. The van der Waals surface area contributed by atoms with E-state index < -0.39 is 31.0 Å². The van der Waals surface area contributed by atoms with Crippen LogP contribution in [-0.4, -0.2) is 74.2 Å². The monoisotopic (exact) mass is 239 g/mol. The van der Waals surface area contributed by atoms with Gasteiger partial charge in [0.15, 0.2) is 0 Å². The van der Waals surface area contributed by atoms with Crippen LogP contribution in [-0.2, 0) is 0 Å². The lowest BCUT2D eigenvalue weighted by Crippen LogP contribution is -2.51. The molecule has 0 bridgehead atoms. The number of hydrogen-bond acceptors (Lipinski definition) is 7. The first kappa shape index (κ1) is 13.2. The Morgan fingerprint density at radius 2 is 1.87 bits per heavy atom. The molecule has 0 aromatic carbocycles. The van der Waals surface area contributed by atoms with Gasteiger partial charge in [-0.15, -0.1) is 11.8 Å². The molecule has 0 saturated carbocycles. The van der Waals surface area contributed by atoms with E-state index in [9.17, 15) is 15.3 Å². The third kappa shape index (κ3) is 3.28. The number of rotatable bonds is 5. The Morgan fingerprint density at radius 1 is 1.20 bits per heavy atom. The number of aliphatic hydroxyl groups excluding tert-OH is 5. The van der Waals surface area contributed by atoms with Gasteiger partial charge in [-0.3, -0.25) is 0 Å². The molecule has 1 saturated heterocycles. The fourth-order valence-electron chi connectivity index (χ4n) is 1.38. The first-order chi connectivity index (χ1) is 7.07. The Bertz CT molecular complexity index is 190. The summed E-state index contributed by atoms with van der Waals surface area (Å²) in [7, 11) is 0.